The van der Waals surface area contributed by atoms with Crippen LogP contribution in [0.5, 0.6) is 5.75 Å². The fraction of sp³-hybridized carbons (Fsp3) is 0.0556. The largest absolute Gasteiger partial charge is 0.497 e. The van der Waals surface area contributed by atoms with Crippen LogP contribution in [-0.4, -0.2) is 25.0 Å². The van der Waals surface area contributed by atoms with E-state index in [4.69, 9.17) is 16.3 Å². The minimum atomic E-state index is -0.814. The Bertz CT molecular complexity index is 941. The molecule has 1 saturated heterocycles. The first kappa shape index (κ1) is 18.2. The van der Waals surface area contributed by atoms with E-state index in [2.05, 4.69) is 21.2 Å². The van der Waals surface area contributed by atoms with Gasteiger partial charge in [-0.3, -0.25) is 14.9 Å². The first-order valence-electron chi connectivity index (χ1n) is 7.40. The summed E-state index contributed by atoms with van der Waals surface area (Å²) >= 11 is 9.18. The van der Waals surface area contributed by atoms with Gasteiger partial charge in [-0.25, -0.2) is 9.69 Å². The van der Waals surface area contributed by atoms with Crippen molar-refractivity contribution in [1.29, 1.82) is 0 Å². The SMILES string of the molecule is COc1cc(Br)cc(/C=C2\C(=O)NC(=O)N(c3ccc(Cl)cc3)C2=O)c1. The van der Waals surface area contributed by atoms with Crippen LogP contribution < -0.4 is 15.0 Å². The monoisotopic (exact) mass is 434 g/mol. The van der Waals surface area contributed by atoms with Crippen LogP contribution in [0.1, 0.15) is 5.56 Å². The Morgan fingerprint density at radius 2 is 1.81 bits per heavy atom. The molecule has 0 radical (unpaired) electrons. The molecule has 0 aliphatic carbocycles. The summed E-state index contributed by atoms with van der Waals surface area (Å²) in [5, 5.41) is 2.63. The summed E-state index contributed by atoms with van der Waals surface area (Å²) in [5.74, 6) is -0.926. The highest BCUT2D eigenvalue weighted by atomic mass is 79.9. The molecule has 1 aliphatic rings. The van der Waals surface area contributed by atoms with Crippen molar-refractivity contribution in [2.75, 3.05) is 12.0 Å². The maximum Gasteiger partial charge on any atom is 0.335 e. The Hall–Kier alpha value is -2.64. The highest BCUT2D eigenvalue weighted by Crippen LogP contribution is 2.26. The molecule has 26 heavy (non-hydrogen) atoms. The smallest absolute Gasteiger partial charge is 0.335 e. The number of benzene rings is 2. The van der Waals surface area contributed by atoms with Crippen LogP contribution in [0.15, 0.2) is 52.5 Å². The fourth-order valence-corrected chi connectivity index (χ4v) is 3.05. The van der Waals surface area contributed by atoms with Gasteiger partial charge in [0.2, 0.25) is 0 Å². The number of halogens is 2. The molecule has 2 aromatic carbocycles. The van der Waals surface area contributed by atoms with Crippen molar-refractivity contribution in [1.82, 2.24) is 5.32 Å². The van der Waals surface area contributed by atoms with Gasteiger partial charge in [0.15, 0.2) is 0 Å². The van der Waals surface area contributed by atoms with Gasteiger partial charge in [0.25, 0.3) is 11.8 Å². The topological polar surface area (TPSA) is 75.7 Å². The zero-order valence-corrected chi connectivity index (χ0v) is 15.8. The van der Waals surface area contributed by atoms with E-state index in [9.17, 15) is 14.4 Å². The quantitative estimate of drug-likeness (QED) is 0.588. The summed E-state index contributed by atoms with van der Waals surface area (Å²) in [6.07, 6.45) is 1.40. The molecule has 0 atom stereocenters. The Labute approximate surface area is 162 Å². The molecule has 1 fully saturated rings. The second-order valence-corrected chi connectivity index (χ2v) is 6.71. The van der Waals surface area contributed by atoms with Crippen LogP contribution in [0, 0.1) is 0 Å². The summed E-state index contributed by atoms with van der Waals surface area (Å²) < 4.78 is 5.90. The van der Waals surface area contributed by atoms with Crippen molar-refractivity contribution in [3.63, 3.8) is 0 Å². The number of carbonyl (C=O) groups is 3. The number of nitrogens with one attached hydrogen (secondary N) is 1. The van der Waals surface area contributed by atoms with Gasteiger partial charge in [0.05, 0.1) is 12.8 Å². The average molecular weight is 436 g/mol. The molecule has 1 heterocycles. The highest BCUT2D eigenvalue weighted by Gasteiger charge is 2.36. The van der Waals surface area contributed by atoms with Crippen molar-refractivity contribution < 1.29 is 19.1 Å². The van der Waals surface area contributed by atoms with Gasteiger partial charge in [-0.05, 0) is 54.1 Å². The third-order valence-corrected chi connectivity index (χ3v) is 4.34. The summed E-state index contributed by atoms with van der Waals surface area (Å²) in [5.41, 5.74) is 0.710. The Kier molecular flexibility index (Phi) is 5.11. The van der Waals surface area contributed by atoms with Gasteiger partial charge in [-0.1, -0.05) is 27.5 Å². The van der Waals surface area contributed by atoms with Gasteiger partial charge in [0.1, 0.15) is 11.3 Å². The maximum absolute atomic E-state index is 12.8. The molecule has 6 nitrogen and oxygen atoms in total. The van der Waals surface area contributed by atoms with Gasteiger partial charge in [-0.15, -0.1) is 0 Å². The minimum absolute atomic E-state index is 0.167. The van der Waals surface area contributed by atoms with Crippen molar-refractivity contribution >= 4 is 57.1 Å². The van der Waals surface area contributed by atoms with Gasteiger partial charge in [-0.2, -0.15) is 0 Å². The van der Waals surface area contributed by atoms with E-state index in [-0.39, 0.29) is 5.57 Å². The lowest BCUT2D eigenvalue weighted by Crippen LogP contribution is -2.54. The fourth-order valence-electron chi connectivity index (χ4n) is 2.43. The predicted octanol–water partition coefficient (Wildman–Crippen LogP) is 3.78. The molecule has 0 spiro atoms. The summed E-state index contributed by atoms with van der Waals surface area (Å²) in [6, 6.07) is 10.5. The van der Waals surface area contributed by atoms with E-state index < -0.39 is 17.8 Å². The number of urea groups is 1. The molecule has 8 heteroatoms. The number of anilines is 1. The number of amides is 4. The van der Waals surface area contributed by atoms with Crippen LogP contribution in [0.25, 0.3) is 6.08 Å². The van der Waals surface area contributed by atoms with E-state index in [1.165, 1.54) is 25.3 Å². The van der Waals surface area contributed by atoms with Crippen molar-refractivity contribution in [3.8, 4) is 5.75 Å². The summed E-state index contributed by atoms with van der Waals surface area (Å²) in [4.78, 5) is 38.0. The minimum Gasteiger partial charge on any atom is -0.497 e. The number of hydrogen-bond donors (Lipinski definition) is 1. The van der Waals surface area contributed by atoms with Crippen molar-refractivity contribution in [3.05, 3.63) is 63.1 Å². The standard InChI is InChI=1S/C18H12BrClN2O4/c1-26-14-7-10(6-11(19)9-14)8-15-16(23)21-18(25)22(17(15)24)13-4-2-12(20)3-5-13/h2-9H,1H3,(H,21,23,25)/b15-8+. The molecule has 0 bridgehead atoms. The van der Waals surface area contributed by atoms with E-state index in [1.807, 2.05) is 0 Å². The molecular formula is C18H12BrClN2O4. The predicted molar refractivity (Wildman–Crippen MR) is 101 cm³/mol. The lowest BCUT2D eigenvalue weighted by molar-refractivity contribution is -0.122. The molecule has 1 aliphatic heterocycles. The van der Waals surface area contributed by atoms with Crippen LogP contribution in [-0.2, 0) is 9.59 Å². The third kappa shape index (κ3) is 3.63. The Morgan fingerprint density at radius 1 is 1.12 bits per heavy atom. The van der Waals surface area contributed by atoms with Crippen molar-refractivity contribution in [2.45, 2.75) is 0 Å². The summed E-state index contributed by atoms with van der Waals surface area (Å²) in [7, 11) is 1.51. The number of ether oxygens (including phenoxy) is 1. The molecule has 0 saturated carbocycles. The van der Waals surface area contributed by atoms with E-state index >= 15 is 0 Å². The number of hydrogen-bond acceptors (Lipinski definition) is 4. The molecule has 132 valence electrons. The van der Waals surface area contributed by atoms with Gasteiger partial charge >= 0.3 is 6.03 Å². The third-order valence-electron chi connectivity index (χ3n) is 3.63. The Balaban J connectivity index is 2.02. The molecule has 2 aromatic rings. The number of carbonyl (C=O) groups excluding carboxylic acids is 3. The maximum atomic E-state index is 12.8. The zero-order valence-electron chi connectivity index (χ0n) is 13.5. The van der Waals surface area contributed by atoms with E-state index in [0.29, 0.717) is 22.0 Å². The average Bonchev–Trinajstić information content (AvgIpc) is 2.59. The zero-order chi connectivity index (χ0) is 18.8. The van der Waals surface area contributed by atoms with Crippen LogP contribution in [0.3, 0.4) is 0 Å². The number of methoxy groups -OCH3 is 1. The molecule has 1 N–H and O–H groups in total. The number of nitrogens with zero attached hydrogens (tertiary/aromatic N) is 1. The first-order chi connectivity index (χ1) is 12.4. The second-order valence-electron chi connectivity index (χ2n) is 5.36. The number of imide groups is 2. The molecular weight excluding hydrogens is 424 g/mol. The Morgan fingerprint density at radius 3 is 2.46 bits per heavy atom. The van der Waals surface area contributed by atoms with Crippen molar-refractivity contribution in [2.24, 2.45) is 0 Å². The molecule has 3 rings (SSSR count). The lowest BCUT2D eigenvalue weighted by Gasteiger charge is -2.26. The number of rotatable bonds is 3. The summed E-state index contributed by atoms with van der Waals surface area (Å²) in [6.45, 7) is 0. The van der Waals surface area contributed by atoms with E-state index in [0.717, 1.165) is 9.37 Å². The second kappa shape index (κ2) is 7.31. The van der Waals surface area contributed by atoms with Gasteiger partial charge < -0.3 is 4.74 Å². The van der Waals surface area contributed by atoms with E-state index in [1.54, 1.807) is 30.3 Å². The number of barbiturate groups is 1. The van der Waals surface area contributed by atoms with Crippen LogP contribution in [0.2, 0.25) is 5.02 Å². The lowest BCUT2D eigenvalue weighted by atomic mass is 10.1. The normalized spacial score (nSPS) is 16.0. The molecule has 4 amide bonds. The first-order valence-corrected chi connectivity index (χ1v) is 8.58. The van der Waals surface area contributed by atoms with Crippen LogP contribution in [0.4, 0.5) is 10.5 Å². The highest BCUT2D eigenvalue weighted by molar-refractivity contribution is 9.10. The molecule has 0 aromatic heterocycles. The van der Waals surface area contributed by atoms with Crippen LogP contribution >= 0.6 is 27.5 Å². The molecule has 0 unspecified atom stereocenters. The van der Waals surface area contributed by atoms with Gasteiger partial charge in [0, 0.05) is 9.50 Å².